The summed E-state index contributed by atoms with van der Waals surface area (Å²) in [6, 6.07) is 9.45. The van der Waals surface area contributed by atoms with Crippen LogP contribution in [0.15, 0.2) is 36.5 Å². The molecule has 1 aromatic heterocycles. The minimum Gasteiger partial charge on any atom is -0.477 e. The summed E-state index contributed by atoms with van der Waals surface area (Å²) in [6.45, 7) is 7.48. The van der Waals surface area contributed by atoms with Crippen LogP contribution in [0.4, 0.5) is 0 Å². The summed E-state index contributed by atoms with van der Waals surface area (Å²) in [7, 11) is 0. The van der Waals surface area contributed by atoms with Crippen LogP contribution in [0.3, 0.4) is 0 Å². The Balaban J connectivity index is 2.14. The zero-order valence-corrected chi connectivity index (χ0v) is 14.5. The first-order chi connectivity index (χ1) is 11.2. The normalized spacial score (nSPS) is 11.2. The van der Waals surface area contributed by atoms with Crippen LogP contribution >= 0.6 is 0 Å². The van der Waals surface area contributed by atoms with E-state index in [0.29, 0.717) is 12.5 Å². The molecule has 2 rings (SSSR count). The van der Waals surface area contributed by atoms with Gasteiger partial charge in [0.25, 0.3) is 0 Å². The summed E-state index contributed by atoms with van der Waals surface area (Å²) in [5.74, 6) is 0.638. The van der Waals surface area contributed by atoms with Crippen LogP contribution in [0.2, 0.25) is 0 Å². The van der Waals surface area contributed by atoms with E-state index in [1.165, 1.54) is 0 Å². The lowest BCUT2D eigenvalue weighted by atomic mass is 9.90. The number of benzene rings is 1. The molecule has 126 valence electrons. The van der Waals surface area contributed by atoms with Gasteiger partial charge in [0.15, 0.2) is 0 Å². The molecule has 0 saturated carbocycles. The van der Waals surface area contributed by atoms with Crippen molar-refractivity contribution in [3.8, 4) is 17.0 Å². The minimum atomic E-state index is -0.528. The number of hydrogen-bond acceptors (Lipinski definition) is 4. The summed E-state index contributed by atoms with van der Waals surface area (Å²) >= 11 is 0. The maximum absolute atomic E-state index is 11.5. The predicted octanol–water partition coefficient (Wildman–Crippen LogP) is 3.34. The number of carbonyl (C=O) groups excluding carboxylic acids is 1. The van der Waals surface area contributed by atoms with E-state index in [1.54, 1.807) is 19.2 Å². The Morgan fingerprint density at radius 2 is 1.92 bits per heavy atom. The number of ether oxygens (including phenoxy) is 1. The third kappa shape index (κ3) is 3.98. The fourth-order valence-corrected chi connectivity index (χ4v) is 2.14. The van der Waals surface area contributed by atoms with Crippen molar-refractivity contribution in [2.24, 2.45) is 11.1 Å². The van der Waals surface area contributed by atoms with Crippen molar-refractivity contribution < 1.29 is 9.53 Å². The highest BCUT2D eigenvalue weighted by Crippen LogP contribution is 2.24. The second-order valence-electron chi connectivity index (χ2n) is 6.56. The largest absolute Gasteiger partial charge is 0.477 e. The highest BCUT2D eigenvalue weighted by atomic mass is 16.5. The fraction of sp³-hybridized carbons (Fsp3) is 0.316. The van der Waals surface area contributed by atoms with Crippen LogP contribution in [0, 0.1) is 17.7 Å². The van der Waals surface area contributed by atoms with Crippen LogP contribution in [-0.4, -0.2) is 23.2 Å². The average Bonchev–Trinajstić information content (AvgIpc) is 2.53. The number of rotatable bonds is 6. The van der Waals surface area contributed by atoms with Crippen LogP contribution in [0.25, 0.3) is 11.1 Å². The number of pyridine rings is 1. The van der Waals surface area contributed by atoms with Gasteiger partial charge in [0.05, 0.1) is 5.41 Å². The van der Waals surface area contributed by atoms with E-state index in [-0.39, 0.29) is 11.6 Å². The molecular formula is C19H23N3O2. The molecule has 1 aromatic carbocycles. The molecule has 2 aromatic rings. The van der Waals surface area contributed by atoms with Gasteiger partial charge in [0.2, 0.25) is 5.88 Å². The van der Waals surface area contributed by atoms with Gasteiger partial charge in [-0.15, -0.1) is 0 Å². The number of aromatic nitrogens is 1. The maximum Gasteiger partial charge on any atom is 0.213 e. The number of nitrogens with zero attached hydrogens (tertiary/aromatic N) is 1. The van der Waals surface area contributed by atoms with Crippen molar-refractivity contribution in [3.63, 3.8) is 0 Å². The Labute approximate surface area is 142 Å². The van der Waals surface area contributed by atoms with E-state index in [1.807, 2.05) is 45.0 Å². The molecule has 0 unspecified atom stereocenters. The predicted molar refractivity (Wildman–Crippen MR) is 95.4 cm³/mol. The fourth-order valence-electron chi connectivity index (χ4n) is 2.14. The van der Waals surface area contributed by atoms with Gasteiger partial charge in [-0.05, 0) is 44.9 Å². The van der Waals surface area contributed by atoms with Gasteiger partial charge >= 0.3 is 0 Å². The molecule has 0 aliphatic rings. The smallest absolute Gasteiger partial charge is 0.213 e. The molecule has 0 aliphatic heterocycles. The van der Waals surface area contributed by atoms with Gasteiger partial charge in [-0.1, -0.05) is 18.2 Å². The molecule has 1 heterocycles. The molecule has 0 spiro atoms. The molecule has 0 radical (unpaired) electrons. The van der Waals surface area contributed by atoms with E-state index >= 15 is 0 Å². The van der Waals surface area contributed by atoms with E-state index < -0.39 is 5.41 Å². The number of nitrogens with one attached hydrogen (secondary N) is 1. The van der Waals surface area contributed by atoms with Crippen molar-refractivity contribution in [2.75, 3.05) is 6.61 Å². The van der Waals surface area contributed by atoms with Gasteiger partial charge in [-0.25, -0.2) is 4.98 Å². The summed E-state index contributed by atoms with van der Waals surface area (Å²) in [4.78, 5) is 15.8. The van der Waals surface area contributed by atoms with Crippen LogP contribution in [-0.2, 0) is 4.79 Å². The Kier molecular flexibility index (Phi) is 5.02. The van der Waals surface area contributed by atoms with Crippen molar-refractivity contribution in [1.82, 2.24) is 4.98 Å². The highest BCUT2D eigenvalue weighted by molar-refractivity contribution is 5.96. The first-order valence-electron chi connectivity index (χ1n) is 7.76. The van der Waals surface area contributed by atoms with Crippen molar-refractivity contribution >= 4 is 11.6 Å². The molecule has 3 N–H and O–H groups in total. The molecule has 5 nitrogen and oxygen atoms in total. The average molecular weight is 325 g/mol. The molecule has 0 saturated heterocycles. The van der Waals surface area contributed by atoms with Crippen molar-refractivity contribution in [1.29, 1.82) is 5.41 Å². The van der Waals surface area contributed by atoms with Gasteiger partial charge in [0.1, 0.15) is 18.2 Å². The number of aryl methyl sites for hydroxylation is 1. The lowest BCUT2D eigenvalue weighted by molar-refractivity contribution is -0.126. The monoisotopic (exact) mass is 325 g/mol. The lowest BCUT2D eigenvalue weighted by Gasteiger charge is -2.20. The molecule has 0 fully saturated rings. The van der Waals surface area contributed by atoms with Gasteiger partial charge in [0, 0.05) is 23.4 Å². The topological polar surface area (TPSA) is 89.1 Å². The maximum atomic E-state index is 11.5. The van der Waals surface area contributed by atoms with Crippen molar-refractivity contribution in [2.45, 2.75) is 27.7 Å². The second-order valence-corrected chi connectivity index (χ2v) is 6.56. The number of amidine groups is 1. The second kappa shape index (κ2) is 6.83. The number of Topliss-reactive ketones (excluding diaryl/α,β-unsaturated/α-hetero) is 1. The third-order valence-corrected chi connectivity index (χ3v) is 4.12. The molecule has 0 bridgehead atoms. The molecular weight excluding hydrogens is 302 g/mol. The zero-order chi connectivity index (χ0) is 17.9. The zero-order valence-electron chi connectivity index (χ0n) is 14.5. The lowest BCUT2D eigenvalue weighted by Crippen LogP contribution is -2.29. The Hall–Kier alpha value is -2.69. The van der Waals surface area contributed by atoms with E-state index in [4.69, 9.17) is 15.9 Å². The summed E-state index contributed by atoms with van der Waals surface area (Å²) in [6.07, 6.45) is 1.73. The Bertz CT molecular complexity index is 765. The molecule has 0 amide bonds. The first kappa shape index (κ1) is 17.7. The highest BCUT2D eigenvalue weighted by Gasteiger charge is 2.24. The standard InChI is InChI=1S/C19H23N3O2/c1-12-9-14(5-7-16(12)18(20)21)15-6-8-17(22-10-15)24-11-19(3,4)13(2)23/h5-10H,11H2,1-4H3,(H3,20,21). The summed E-state index contributed by atoms with van der Waals surface area (Å²) < 4.78 is 5.62. The number of carbonyl (C=O) groups is 1. The Morgan fingerprint density at radius 1 is 1.25 bits per heavy atom. The summed E-state index contributed by atoms with van der Waals surface area (Å²) in [5.41, 5.74) is 8.65. The van der Waals surface area contributed by atoms with Crippen LogP contribution < -0.4 is 10.5 Å². The number of ketones is 1. The van der Waals surface area contributed by atoms with Crippen LogP contribution in [0.1, 0.15) is 31.9 Å². The number of hydrogen-bond donors (Lipinski definition) is 2. The minimum absolute atomic E-state index is 0.0639. The molecule has 24 heavy (non-hydrogen) atoms. The number of nitrogens with two attached hydrogens (primary N) is 1. The van der Waals surface area contributed by atoms with Gasteiger partial charge in [-0.2, -0.15) is 0 Å². The Morgan fingerprint density at radius 3 is 2.42 bits per heavy atom. The van der Waals surface area contributed by atoms with E-state index in [9.17, 15) is 4.79 Å². The molecule has 5 heteroatoms. The quantitative estimate of drug-likeness (QED) is 0.629. The SMILES string of the molecule is CC(=O)C(C)(C)COc1ccc(-c2ccc(C(=N)N)c(C)c2)cn1. The van der Waals surface area contributed by atoms with Gasteiger partial charge < -0.3 is 10.5 Å². The van der Waals surface area contributed by atoms with E-state index in [2.05, 4.69) is 4.98 Å². The van der Waals surface area contributed by atoms with E-state index in [0.717, 1.165) is 22.3 Å². The molecule has 0 atom stereocenters. The number of nitrogen functional groups attached to an aromatic ring is 1. The van der Waals surface area contributed by atoms with Crippen molar-refractivity contribution in [3.05, 3.63) is 47.7 Å². The third-order valence-electron chi connectivity index (χ3n) is 4.12. The summed E-state index contributed by atoms with van der Waals surface area (Å²) in [5, 5.41) is 7.53. The first-order valence-corrected chi connectivity index (χ1v) is 7.76. The molecule has 0 aliphatic carbocycles. The van der Waals surface area contributed by atoms with Crippen LogP contribution in [0.5, 0.6) is 5.88 Å². The van der Waals surface area contributed by atoms with Gasteiger partial charge in [-0.3, -0.25) is 10.2 Å².